The molecule has 3 aromatic heterocycles. The molecule has 44 heavy (non-hydrogen) atoms. The molecule has 0 bridgehead atoms. The van der Waals surface area contributed by atoms with Crippen molar-refractivity contribution in [3.63, 3.8) is 0 Å². The molecule has 8 rings (SSSR count). The molecule has 0 saturated heterocycles. The minimum atomic E-state index is 0. The van der Waals surface area contributed by atoms with Gasteiger partial charge >= 0.3 is 0 Å². The predicted octanol–water partition coefficient (Wildman–Crippen LogP) is 9.29. The molecule has 0 spiro atoms. The van der Waals surface area contributed by atoms with Crippen LogP contribution in [0.4, 0.5) is 0 Å². The summed E-state index contributed by atoms with van der Waals surface area (Å²) in [5.41, 5.74) is 7.33. The van der Waals surface area contributed by atoms with E-state index in [1.165, 1.54) is 0 Å². The van der Waals surface area contributed by atoms with Crippen LogP contribution in [0, 0.1) is 6.07 Å². The third kappa shape index (κ3) is 5.12. The Morgan fingerprint density at radius 2 is 1.36 bits per heavy atom. The SMILES string of the molecule is [Pt].[c-]1c(Oc2cccc(-n3cc(-c4ccccc4)cn3)c2)ccc2c3ccccc3n(-c3cc(-c4ccccc4)ccn3)c12. The van der Waals surface area contributed by atoms with Crippen molar-refractivity contribution in [2.24, 2.45) is 0 Å². The molecule has 3 heterocycles. The average molecular weight is 749 g/mol. The quantitative estimate of drug-likeness (QED) is 0.159. The van der Waals surface area contributed by atoms with E-state index in [4.69, 9.17) is 9.72 Å². The van der Waals surface area contributed by atoms with Crippen LogP contribution in [0.5, 0.6) is 11.5 Å². The zero-order chi connectivity index (χ0) is 28.6. The number of benzene rings is 5. The Hall–Kier alpha value is -5.25. The minimum Gasteiger partial charge on any atom is -0.483 e. The Morgan fingerprint density at radius 3 is 2.18 bits per heavy atom. The van der Waals surface area contributed by atoms with E-state index in [0.717, 1.165) is 55.6 Å². The Kier molecular flexibility index (Phi) is 7.39. The topological polar surface area (TPSA) is 44.9 Å². The number of rotatable bonds is 6. The monoisotopic (exact) mass is 748 g/mol. The molecule has 0 atom stereocenters. The summed E-state index contributed by atoms with van der Waals surface area (Å²) < 4.78 is 10.4. The van der Waals surface area contributed by atoms with Gasteiger partial charge in [0.1, 0.15) is 11.6 Å². The van der Waals surface area contributed by atoms with Crippen LogP contribution in [0.2, 0.25) is 0 Å². The second-order valence-electron chi connectivity index (χ2n) is 10.3. The van der Waals surface area contributed by atoms with Gasteiger partial charge in [-0.15, -0.1) is 17.5 Å². The molecule has 214 valence electrons. The molecule has 0 saturated carbocycles. The zero-order valence-electron chi connectivity index (χ0n) is 23.4. The normalized spacial score (nSPS) is 11.0. The van der Waals surface area contributed by atoms with Crippen LogP contribution < -0.4 is 4.74 Å². The standard InChI is InChI=1S/C38H25N4O.Pt/c1-3-10-27(11-4-1)29-20-21-39-38(22-29)42-36-17-8-7-16-34(36)35-19-18-33(24-37(35)42)43-32-15-9-14-31(23-32)41-26-30(25-40-41)28-12-5-2-6-13-28;/h1-23,25-26H;/q-1;. The van der Waals surface area contributed by atoms with Crippen LogP contribution in [0.1, 0.15) is 0 Å². The molecule has 0 aliphatic rings. The molecule has 6 heteroatoms. The smallest absolute Gasteiger partial charge is 0.136 e. The first-order valence-corrected chi connectivity index (χ1v) is 14.2. The Labute approximate surface area is 269 Å². The third-order valence-corrected chi connectivity index (χ3v) is 7.64. The summed E-state index contributed by atoms with van der Waals surface area (Å²) in [5.74, 6) is 2.16. The van der Waals surface area contributed by atoms with Crippen molar-refractivity contribution in [3.05, 3.63) is 158 Å². The molecule has 5 aromatic carbocycles. The van der Waals surface area contributed by atoms with E-state index in [2.05, 4.69) is 88.5 Å². The van der Waals surface area contributed by atoms with Gasteiger partial charge in [0.2, 0.25) is 0 Å². The first kappa shape index (κ1) is 27.6. The van der Waals surface area contributed by atoms with Crippen molar-refractivity contribution in [2.45, 2.75) is 0 Å². The number of nitrogens with zero attached hydrogens (tertiary/aromatic N) is 4. The predicted molar refractivity (Wildman–Crippen MR) is 172 cm³/mol. The van der Waals surface area contributed by atoms with Gasteiger partial charge in [0, 0.05) is 56.4 Å². The number of aromatic nitrogens is 4. The molecular formula is C38H25N4OPt-. The Morgan fingerprint density at radius 1 is 0.614 bits per heavy atom. The van der Waals surface area contributed by atoms with E-state index >= 15 is 0 Å². The van der Waals surface area contributed by atoms with Crippen LogP contribution >= 0.6 is 0 Å². The van der Waals surface area contributed by atoms with Gasteiger partial charge in [0.25, 0.3) is 0 Å². The number of para-hydroxylation sites is 1. The summed E-state index contributed by atoms with van der Waals surface area (Å²) in [6.07, 6.45) is 5.77. The van der Waals surface area contributed by atoms with Crippen LogP contribution in [0.25, 0.3) is 55.6 Å². The summed E-state index contributed by atoms with van der Waals surface area (Å²) in [6, 6.07) is 48.7. The summed E-state index contributed by atoms with van der Waals surface area (Å²) in [6.45, 7) is 0. The maximum Gasteiger partial charge on any atom is 0.136 e. The van der Waals surface area contributed by atoms with Crippen molar-refractivity contribution < 1.29 is 25.8 Å². The van der Waals surface area contributed by atoms with E-state index in [1.54, 1.807) is 0 Å². The first-order chi connectivity index (χ1) is 21.3. The minimum absolute atomic E-state index is 0. The van der Waals surface area contributed by atoms with Crippen LogP contribution in [0.3, 0.4) is 0 Å². The fourth-order valence-electron chi connectivity index (χ4n) is 5.58. The number of fused-ring (bicyclic) bond motifs is 3. The maximum absolute atomic E-state index is 6.39. The molecule has 0 unspecified atom stereocenters. The van der Waals surface area contributed by atoms with Crippen LogP contribution in [-0.2, 0) is 21.1 Å². The largest absolute Gasteiger partial charge is 0.483 e. The number of ether oxygens (including phenoxy) is 1. The van der Waals surface area contributed by atoms with E-state index < -0.39 is 0 Å². The fourth-order valence-corrected chi connectivity index (χ4v) is 5.58. The van der Waals surface area contributed by atoms with Gasteiger partial charge in [-0.1, -0.05) is 90.4 Å². The summed E-state index contributed by atoms with van der Waals surface area (Å²) in [5, 5.41) is 6.83. The molecule has 0 amide bonds. The van der Waals surface area contributed by atoms with Crippen molar-refractivity contribution in [1.29, 1.82) is 0 Å². The second kappa shape index (κ2) is 11.8. The van der Waals surface area contributed by atoms with Crippen molar-refractivity contribution in [2.75, 3.05) is 0 Å². The van der Waals surface area contributed by atoms with Gasteiger partial charge in [-0.3, -0.25) is 0 Å². The van der Waals surface area contributed by atoms with E-state index in [-0.39, 0.29) is 21.1 Å². The van der Waals surface area contributed by atoms with E-state index in [1.807, 2.05) is 83.9 Å². The molecule has 8 aromatic rings. The van der Waals surface area contributed by atoms with Gasteiger partial charge in [-0.2, -0.15) is 11.2 Å². The zero-order valence-corrected chi connectivity index (χ0v) is 25.7. The van der Waals surface area contributed by atoms with Gasteiger partial charge in [-0.25, -0.2) is 9.67 Å². The molecule has 0 aliphatic carbocycles. The number of hydrogen-bond acceptors (Lipinski definition) is 3. The molecule has 0 radical (unpaired) electrons. The summed E-state index contributed by atoms with van der Waals surface area (Å²) in [4.78, 5) is 4.78. The Bertz CT molecular complexity index is 2220. The summed E-state index contributed by atoms with van der Waals surface area (Å²) >= 11 is 0. The first-order valence-electron chi connectivity index (χ1n) is 14.2. The van der Waals surface area contributed by atoms with Crippen molar-refractivity contribution in [1.82, 2.24) is 19.3 Å². The van der Waals surface area contributed by atoms with E-state index in [9.17, 15) is 0 Å². The fraction of sp³-hybridized carbons (Fsp3) is 0. The molecule has 0 aliphatic heterocycles. The van der Waals surface area contributed by atoms with Crippen molar-refractivity contribution >= 4 is 21.8 Å². The Balaban J connectivity index is 0.00000312. The number of pyridine rings is 1. The molecule has 0 N–H and O–H groups in total. The van der Waals surface area contributed by atoms with Gasteiger partial charge in [-0.05, 0) is 52.4 Å². The van der Waals surface area contributed by atoms with Gasteiger partial charge in [0.15, 0.2) is 0 Å². The summed E-state index contributed by atoms with van der Waals surface area (Å²) in [7, 11) is 0. The van der Waals surface area contributed by atoms with Gasteiger partial charge < -0.3 is 9.30 Å². The average Bonchev–Trinajstić information content (AvgIpc) is 3.69. The van der Waals surface area contributed by atoms with Crippen LogP contribution in [-0.4, -0.2) is 19.3 Å². The molecule has 0 fully saturated rings. The molecular weight excluding hydrogens is 724 g/mol. The van der Waals surface area contributed by atoms with Crippen molar-refractivity contribution in [3.8, 4) is 45.3 Å². The third-order valence-electron chi connectivity index (χ3n) is 7.64. The van der Waals surface area contributed by atoms with Crippen LogP contribution in [0.15, 0.2) is 152 Å². The molecule has 5 nitrogen and oxygen atoms in total. The van der Waals surface area contributed by atoms with E-state index in [0.29, 0.717) is 11.5 Å². The number of hydrogen-bond donors (Lipinski definition) is 0. The second-order valence-corrected chi connectivity index (χ2v) is 10.3. The van der Waals surface area contributed by atoms with Gasteiger partial charge in [0.05, 0.1) is 11.9 Å². The maximum atomic E-state index is 6.39.